The predicted octanol–water partition coefficient (Wildman–Crippen LogP) is 4.72. The minimum absolute atomic E-state index is 0.0311. The Bertz CT molecular complexity index is 1090. The van der Waals surface area contributed by atoms with Crippen molar-refractivity contribution < 1.29 is 19.8 Å². The van der Waals surface area contributed by atoms with Gasteiger partial charge < -0.3 is 15.1 Å². The number of hydrogen-bond acceptors (Lipinski definition) is 4. The first-order valence-electron chi connectivity index (χ1n) is 10.7. The summed E-state index contributed by atoms with van der Waals surface area (Å²) in [4.78, 5) is 28.8. The molecule has 2 aromatic rings. The number of phenols is 2. The maximum atomic E-state index is 13.2. The number of carbonyl (C=O) groups is 2. The maximum absolute atomic E-state index is 13.2. The summed E-state index contributed by atoms with van der Waals surface area (Å²) >= 11 is 0. The number of hydrogen-bond donors (Lipinski definition) is 2. The lowest BCUT2D eigenvalue weighted by Gasteiger charge is -2.42. The van der Waals surface area contributed by atoms with Crippen molar-refractivity contribution in [2.45, 2.75) is 64.8 Å². The van der Waals surface area contributed by atoms with E-state index in [0.717, 1.165) is 18.4 Å². The van der Waals surface area contributed by atoms with Crippen LogP contribution in [0.2, 0.25) is 0 Å². The van der Waals surface area contributed by atoms with Crippen LogP contribution in [-0.2, 0) is 22.2 Å². The van der Waals surface area contributed by atoms with E-state index in [1.807, 2.05) is 13.0 Å². The van der Waals surface area contributed by atoms with Gasteiger partial charge in [0.25, 0.3) is 5.91 Å². The Balaban J connectivity index is 1.70. The highest BCUT2D eigenvalue weighted by Crippen LogP contribution is 2.48. The molecule has 1 aliphatic heterocycles. The third kappa shape index (κ3) is 3.54. The average Bonchev–Trinajstić information content (AvgIpc) is 2.95. The Labute approximate surface area is 183 Å². The summed E-state index contributed by atoms with van der Waals surface area (Å²) in [7, 11) is 0. The fourth-order valence-electron chi connectivity index (χ4n) is 4.75. The van der Waals surface area contributed by atoms with Crippen molar-refractivity contribution >= 4 is 17.6 Å². The lowest BCUT2D eigenvalue weighted by Crippen LogP contribution is -2.36. The van der Waals surface area contributed by atoms with E-state index < -0.39 is 6.03 Å². The molecule has 1 aliphatic carbocycles. The molecule has 0 saturated carbocycles. The quantitative estimate of drug-likeness (QED) is 0.701. The number of nitrogens with zero attached hydrogens (tertiary/aromatic N) is 2. The zero-order valence-electron chi connectivity index (χ0n) is 18.8. The van der Waals surface area contributed by atoms with E-state index >= 15 is 0 Å². The Morgan fingerprint density at radius 3 is 2.16 bits per heavy atom. The Morgan fingerprint density at radius 2 is 1.55 bits per heavy atom. The number of benzene rings is 2. The number of aryl methyl sites for hydroxylation is 1. The van der Waals surface area contributed by atoms with Crippen LogP contribution in [-0.4, -0.2) is 33.6 Å². The molecule has 0 unspecified atom stereocenters. The number of amides is 3. The molecule has 1 saturated heterocycles. The van der Waals surface area contributed by atoms with Gasteiger partial charge in [-0.25, -0.2) is 9.69 Å². The van der Waals surface area contributed by atoms with Crippen LogP contribution in [0.4, 0.5) is 10.5 Å². The van der Waals surface area contributed by atoms with E-state index in [4.69, 9.17) is 0 Å². The minimum atomic E-state index is -0.395. The van der Waals surface area contributed by atoms with Gasteiger partial charge in [0.15, 0.2) is 0 Å². The summed E-state index contributed by atoms with van der Waals surface area (Å²) in [6, 6.07) is 8.01. The van der Waals surface area contributed by atoms with Gasteiger partial charge in [0.1, 0.15) is 18.0 Å². The van der Waals surface area contributed by atoms with Gasteiger partial charge >= 0.3 is 6.03 Å². The summed E-state index contributed by atoms with van der Waals surface area (Å²) in [6.45, 7) is 10.9. The average molecular weight is 423 g/mol. The van der Waals surface area contributed by atoms with Gasteiger partial charge in [-0.1, -0.05) is 33.8 Å². The third-order valence-electron chi connectivity index (χ3n) is 6.88. The van der Waals surface area contributed by atoms with E-state index in [-0.39, 0.29) is 41.3 Å². The largest absolute Gasteiger partial charge is 0.508 e. The molecule has 4 rings (SSSR count). The van der Waals surface area contributed by atoms with E-state index in [2.05, 4.69) is 33.8 Å². The second-order valence-electron chi connectivity index (χ2n) is 10.1. The number of aromatic hydroxyl groups is 2. The first-order valence-corrected chi connectivity index (χ1v) is 10.7. The molecule has 0 spiro atoms. The summed E-state index contributed by atoms with van der Waals surface area (Å²) in [5.74, 6) is -0.436. The van der Waals surface area contributed by atoms with Gasteiger partial charge in [0.05, 0.1) is 12.2 Å². The molecule has 2 N–H and O–H groups in total. The van der Waals surface area contributed by atoms with Crippen molar-refractivity contribution in [1.82, 2.24) is 4.90 Å². The lowest BCUT2D eigenvalue weighted by atomic mass is 9.63. The standard InChI is InChI=1S/C25H30N2O4/c1-15-10-18-19(25(4,5)9-8-24(18,2)3)12-20(15)27-22(30)14-26(23(27)31)13-16-6-7-17(28)11-21(16)29/h6-7,10-12,28-29H,8-9,13-14H2,1-5H3. The highest BCUT2D eigenvalue weighted by molar-refractivity contribution is 6.20. The van der Waals surface area contributed by atoms with Crippen molar-refractivity contribution in [2.75, 3.05) is 11.4 Å². The van der Waals surface area contributed by atoms with E-state index in [9.17, 15) is 19.8 Å². The smallest absolute Gasteiger partial charge is 0.332 e. The summed E-state index contributed by atoms with van der Waals surface area (Å²) < 4.78 is 0. The molecule has 6 nitrogen and oxygen atoms in total. The number of carbonyl (C=O) groups excluding carboxylic acids is 2. The Morgan fingerprint density at radius 1 is 0.935 bits per heavy atom. The minimum Gasteiger partial charge on any atom is -0.508 e. The molecule has 1 heterocycles. The molecule has 6 heteroatoms. The molecule has 0 bridgehead atoms. The number of fused-ring (bicyclic) bond motifs is 1. The highest BCUT2D eigenvalue weighted by atomic mass is 16.3. The van der Waals surface area contributed by atoms with Gasteiger partial charge in [-0.05, 0) is 65.5 Å². The van der Waals surface area contributed by atoms with Crippen LogP contribution in [0.3, 0.4) is 0 Å². The zero-order chi connectivity index (χ0) is 22.7. The van der Waals surface area contributed by atoms with Gasteiger partial charge in [-0.2, -0.15) is 0 Å². The number of anilines is 1. The van der Waals surface area contributed by atoms with Crippen molar-refractivity contribution in [2.24, 2.45) is 0 Å². The molecular weight excluding hydrogens is 392 g/mol. The molecule has 2 aromatic carbocycles. The van der Waals surface area contributed by atoms with E-state index in [1.54, 1.807) is 6.07 Å². The van der Waals surface area contributed by atoms with Gasteiger partial charge in [-0.15, -0.1) is 0 Å². The van der Waals surface area contributed by atoms with Crippen molar-refractivity contribution in [3.8, 4) is 11.5 Å². The molecule has 0 radical (unpaired) electrons. The van der Waals surface area contributed by atoms with Gasteiger partial charge in [-0.3, -0.25) is 4.79 Å². The van der Waals surface area contributed by atoms with Crippen LogP contribution in [0.1, 0.15) is 62.8 Å². The van der Waals surface area contributed by atoms with Crippen molar-refractivity contribution in [1.29, 1.82) is 0 Å². The second-order valence-corrected chi connectivity index (χ2v) is 10.1. The predicted molar refractivity (Wildman–Crippen MR) is 120 cm³/mol. The molecule has 0 atom stereocenters. The number of phenolic OH excluding ortho intramolecular Hbond substituents is 2. The van der Waals surface area contributed by atoms with Gasteiger partial charge in [0.2, 0.25) is 0 Å². The third-order valence-corrected chi connectivity index (χ3v) is 6.88. The lowest BCUT2D eigenvalue weighted by molar-refractivity contribution is -0.116. The summed E-state index contributed by atoms with van der Waals surface area (Å²) in [5.41, 5.74) is 4.52. The SMILES string of the molecule is Cc1cc2c(cc1N1C(=O)CN(Cc3ccc(O)cc3O)C1=O)C(C)(C)CCC2(C)C. The highest BCUT2D eigenvalue weighted by Gasteiger charge is 2.41. The molecule has 2 aliphatic rings. The maximum Gasteiger partial charge on any atom is 0.332 e. The van der Waals surface area contributed by atoms with Crippen LogP contribution in [0.15, 0.2) is 30.3 Å². The molecule has 3 amide bonds. The topological polar surface area (TPSA) is 81.1 Å². The fourth-order valence-corrected chi connectivity index (χ4v) is 4.75. The Kier molecular flexibility index (Phi) is 4.80. The van der Waals surface area contributed by atoms with Crippen LogP contribution >= 0.6 is 0 Å². The first kappa shape index (κ1) is 21.2. The molecule has 31 heavy (non-hydrogen) atoms. The second kappa shape index (κ2) is 7.01. The van der Waals surface area contributed by atoms with Crippen LogP contribution in [0.25, 0.3) is 0 Å². The molecular formula is C25H30N2O4. The number of imide groups is 1. The number of urea groups is 1. The van der Waals surface area contributed by atoms with Crippen molar-refractivity contribution in [3.05, 3.63) is 52.6 Å². The zero-order valence-corrected chi connectivity index (χ0v) is 18.8. The fraction of sp³-hybridized carbons (Fsp3) is 0.440. The first-order chi connectivity index (χ1) is 14.4. The van der Waals surface area contributed by atoms with Crippen LogP contribution in [0.5, 0.6) is 11.5 Å². The van der Waals surface area contributed by atoms with Gasteiger partial charge in [0, 0.05) is 11.6 Å². The summed E-state index contributed by atoms with van der Waals surface area (Å²) in [5, 5.41) is 19.6. The van der Waals surface area contributed by atoms with Crippen molar-refractivity contribution in [3.63, 3.8) is 0 Å². The van der Waals surface area contributed by atoms with E-state index in [0.29, 0.717) is 11.3 Å². The summed E-state index contributed by atoms with van der Waals surface area (Å²) in [6.07, 6.45) is 2.14. The molecule has 0 aromatic heterocycles. The van der Waals surface area contributed by atoms with Crippen LogP contribution < -0.4 is 4.90 Å². The normalized spacial score (nSPS) is 19.6. The molecule has 164 valence electrons. The monoisotopic (exact) mass is 422 g/mol. The molecule has 1 fully saturated rings. The van der Waals surface area contributed by atoms with E-state index in [1.165, 1.54) is 33.1 Å². The number of rotatable bonds is 3. The Hall–Kier alpha value is -3.02. The van der Waals surface area contributed by atoms with Crippen LogP contribution in [0, 0.1) is 6.92 Å².